The molecule has 0 unspecified atom stereocenters. The smallest absolute Gasteiger partial charge is 0.146 e. The second-order valence-corrected chi connectivity index (χ2v) is 4.47. The van der Waals surface area contributed by atoms with Crippen LogP contribution in [-0.4, -0.2) is 54.9 Å². The highest BCUT2D eigenvalue weighted by molar-refractivity contribution is 5.81. The van der Waals surface area contributed by atoms with Gasteiger partial charge in [-0.2, -0.15) is 0 Å². The highest BCUT2D eigenvalue weighted by Gasteiger charge is 2.18. The van der Waals surface area contributed by atoms with Gasteiger partial charge in [0.15, 0.2) is 0 Å². The number of nitrogens with zero attached hydrogens (tertiary/aromatic N) is 2. The standard InChI is InChI=1S/C11H20N2O/c14-11-4-3-7-13(10-11)9-8-12-5-1-2-6-12/h1-10H2. The largest absolute Gasteiger partial charge is 0.302 e. The number of ketones is 1. The SMILES string of the molecule is O=C1CCCN(CCN2CCCC2)C1. The predicted octanol–water partition coefficient (Wildman–Crippen LogP) is 0.747. The molecule has 3 nitrogen and oxygen atoms in total. The summed E-state index contributed by atoms with van der Waals surface area (Å²) >= 11 is 0. The summed E-state index contributed by atoms with van der Waals surface area (Å²) in [6.45, 7) is 6.61. The molecule has 0 bridgehead atoms. The van der Waals surface area contributed by atoms with E-state index >= 15 is 0 Å². The lowest BCUT2D eigenvalue weighted by atomic mass is 10.1. The molecule has 3 heteroatoms. The molecule has 0 aromatic rings. The van der Waals surface area contributed by atoms with Crippen LogP contribution in [0.25, 0.3) is 0 Å². The van der Waals surface area contributed by atoms with Crippen LogP contribution in [0.2, 0.25) is 0 Å². The lowest BCUT2D eigenvalue weighted by molar-refractivity contribution is -0.122. The molecule has 14 heavy (non-hydrogen) atoms. The number of carbonyl (C=O) groups excluding carboxylic acids is 1. The molecule has 0 radical (unpaired) electrons. The van der Waals surface area contributed by atoms with E-state index in [9.17, 15) is 4.79 Å². The van der Waals surface area contributed by atoms with Gasteiger partial charge in [0.25, 0.3) is 0 Å². The molecule has 2 heterocycles. The average molecular weight is 196 g/mol. The summed E-state index contributed by atoms with van der Waals surface area (Å²) in [5.41, 5.74) is 0. The Morgan fingerprint density at radius 3 is 2.29 bits per heavy atom. The zero-order chi connectivity index (χ0) is 9.80. The molecule has 2 rings (SSSR count). The second kappa shape index (κ2) is 4.89. The highest BCUT2D eigenvalue weighted by atomic mass is 16.1. The normalized spacial score (nSPS) is 25.9. The van der Waals surface area contributed by atoms with Gasteiger partial charge in [-0.15, -0.1) is 0 Å². The van der Waals surface area contributed by atoms with Crippen molar-refractivity contribution in [2.24, 2.45) is 0 Å². The van der Waals surface area contributed by atoms with Crippen LogP contribution in [-0.2, 0) is 4.79 Å². The van der Waals surface area contributed by atoms with Crippen LogP contribution >= 0.6 is 0 Å². The van der Waals surface area contributed by atoms with Crippen molar-refractivity contribution in [2.75, 3.05) is 39.3 Å². The molecular weight excluding hydrogens is 176 g/mol. The number of hydrogen-bond donors (Lipinski definition) is 0. The number of carbonyl (C=O) groups is 1. The van der Waals surface area contributed by atoms with Crippen LogP contribution in [0.3, 0.4) is 0 Å². The minimum atomic E-state index is 0.428. The van der Waals surface area contributed by atoms with Crippen LogP contribution in [0.1, 0.15) is 25.7 Å². The molecule has 0 aromatic heterocycles. The third-order valence-electron chi connectivity index (χ3n) is 3.26. The van der Waals surface area contributed by atoms with Crippen LogP contribution in [0.15, 0.2) is 0 Å². The van der Waals surface area contributed by atoms with Gasteiger partial charge in [0.05, 0.1) is 6.54 Å². The fraction of sp³-hybridized carbons (Fsp3) is 0.909. The first kappa shape index (κ1) is 10.1. The molecule has 2 aliphatic heterocycles. The molecule has 0 atom stereocenters. The highest BCUT2D eigenvalue weighted by Crippen LogP contribution is 2.09. The Morgan fingerprint density at radius 1 is 0.929 bits per heavy atom. The second-order valence-electron chi connectivity index (χ2n) is 4.47. The summed E-state index contributed by atoms with van der Waals surface area (Å²) in [6.07, 6.45) is 4.59. The fourth-order valence-corrected chi connectivity index (χ4v) is 2.39. The van der Waals surface area contributed by atoms with Crippen LogP contribution < -0.4 is 0 Å². The Bertz CT molecular complexity index is 199. The van der Waals surface area contributed by atoms with E-state index in [-0.39, 0.29) is 0 Å². The van der Waals surface area contributed by atoms with Crippen molar-refractivity contribution in [2.45, 2.75) is 25.7 Å². The topological polar surface area (TPSA) is 23.6 Å². The fourth-order valence-electron chi connectivity index (χ4n) is 2.39. The summed E-state index contributed by atoms with van der Waals surface area (Å²) in [4.78, 5) is 16.0. The molecule has 0 amide bonds. The lowest BCUT2D eigenvalue weighted by Gasteiger charge is -2.27. The van der Waals surface area contributed by atoms with Gasteiger partial charge in [0.1, 0.15) is 5.78 Å². The summed E-state index contributed by atoms with van der Waals surface area (Å²) in [5, 5.41) is 0. The maximum Gasteiger partial charge on any atom is 0.146 e. The minimum absolute atomic E-state index is 0.428. The summed E-state index contributed by atoms with van der Waals surface area (Å²) in [7, 11) is 0. The van der Waals surface area contributed by atoms with E-state index in [0.717, 1.165) is 32.5 Å². The third-order valence-corrected chi connectivity index (χ3v) is 3.26. The zero-order valence-electron chi connectivity index (χ0n) is 8.87. The lowest BCUT2D eigenvalue weighted by Crippen LogP contribution is -2.40. The minimum Gasteiger partial charge on any atom is -0.302 e. The molecular formula is C11H20N2O. The van der Waals surface area contributed by atoms with Crippen LogP contribution in [0, 0.1) is 0 Å². The van der Waals surface area contributed by atoms with Crippen molar-refractivity contribution in [3.05, 3.63) is 0 Å². The predicted molar refractivity (Wildman–Crippen MR) is 56.4 cm³/mol. The van der Waals surface area contributed by atoms with Crippen molar-refractivity contribution in [1.29, 1.82) is 0 Å². The Hall–Kier alpha value is -0.410. The van der Waals surface area contributed by atoms with E-state index in [1.54, 1.807) is 0 Å². The summed E-state index contributed by atoms with van der Waals surface area (Å²) < 4.78 is 0. The van der Waals surface area contributed by atoms with Gasteiger partial charge >= 0.3 is 0 Å². The summed E-state index contributed by atoms with van der Waals surface area (Å²) in [6, 6.07) is 0. The molecule has 2 fully saturated rings. The monoisotopic (exact) mass is 196 g/mol. The number of piperidine rings is 1. The zero-order valence-corrected chi connectivity index (χ0v) is 8.87. The molecule has 80 valence electrons. The van der Waals surface area contributed by atoms with Gasteiger partial charge in [-0.1, -0.05) is 0 Å². The molecule has 0 saturated carbocycles. The van der Waals surface area contributed by atoms with Crippen molar-refractivity contribution in [3.63, 3.8) is 0 Å². The first-order chi connectivity index (χ1) is 6.84. The van der Waals surface area contributed by atoms with Gasteiger partial charge in [-0.3, -0.25) is 9.69 Å². The number of hydrogen-bond acceptors (Lipinski definition) is 3. The van der Waals surface area contributed by atoms with E-state index in [4.69, 9.17) is 0 Å². The molecule has 2 saturated heterocycles. The molecule has 0 aliphatic carbocycles. The van der Waals surface area contributed by atoms with E-state index in [2.05, 4.69) is 9.80 Å². The quantitative estimate of drug-likeness (QED) is 0.665. The molecule has 2 aliphatic rings. The van der Waals surface area contributed by atoms with Crippen LogP contribution in [0.5, 0.6) is 0 Å². The third kappa shape index (κ3) is 2.79. The summed E-state index contributed by atoms with van der Waals surface area (Å²) in [5.74, 6) is 0.428. The molecule has 0 N–H and O–H groups in total. The molecule has 0 aromatic carbocycles. The van der Waals surface area contributed by atoms with E-state index < -0.39 is 0 Å². The van der Waals surface area contributed by atoms with Gasteiger partial charge in [0.2, 0.25) is 0 Å². The van der Waals surface area contributed by atoms with Crippen molar-refractivity contribution < 1.29 is 4.79 Å². The van der Waals surface area contributed by atoms with Gasteiger partial charge in [0, 0.05) is 19.5 Å². The first-order valence-electron chi connectivity index (χ1n) is 5.81. The maximum absolute atomic E-state index is 11.2. The van der Waals surface area contributed by atoms with Gasteiger partial charge in [-0.05, 0) is 38.9 Å². The number of Topliss-reactive ketones (excluding diaryl/α,β-unsaturated/α-hetero) is 1. The van der Waals surface area contributed by atoms with Crippen molar-refractivity contribution >= 4 is 5.78 Å². The Labute approximate surface area is 86.1 Å². The Kier molecular flexibility index (Phi) is 3.54. The van der Waals surface area contributed by atoms with E-state index in [1.807, 2.05) is 0 Å². The number of rotatable bonds is 3. The van der Waals surface area contributed by atoms with E-state index in [1.165, 1.54) is 25.9 Å². The first-order valence-corrected chi connectivity index (χ1v) is 5.81. The molecule has 0 spiro atoms. The Morgan fingerprint density at radius 2 is 1.57 bits per heavy atom. The number of likely N-dealkylation sites (tertiary alicyclic amines) is 2. The van der Waals surface area contributed by atoms with Crippen molar-refractivity contribution in [3.8, 4) is 0 Å². The van der Waals surface area contributed by atoms with Crippen LogP contribution in [0.4, 0.5) is 0 Å². The maximum atomic E-state index is 11.2. The van der Waals surface area contributed by atoms with Crippen molar-refractivity contribution in [1.82, 2.24) is 9.80 Å². The Balaban J connectivity index is 1.66. The van der Waals surface area contributed by atoms with Gasteiger partial charge < -0.3 is 4.90 Å². The van der Waals surface area contributed by atoms with Gasteiger partial charge in [-0.25, -0.2) is 0 Å². The average Bonchev–Trinajstić information content (AvgIpc) is 2.67. The van der Waals surface area contributed by atoms with E-state index in [0.29, 0.717) is 12.3 Å².